The number of nitrogens with zero attached hydrogens (tertiary/aromatic N) is 2. The molecule has 0 unspecified atom stereocenters. The molecule has 7 heteroatoms. The molecule has 2 rings (SSSR count). The van der Waals surface area contributed by atoms with Crippen LogP contribution in [0.5, 0.6) is 0 Å². The zero-order valence-corrected chi connectivity index (χ0v) is 15.3. The molecular weight excluding hydrogens is 332 g/mol. The minimum Gasteiger partial charge on any atom is -0.465 e. The molecule has 2 aromatic rings. The number of methoxy groups -OCH3 is 1. The Hall–Kier alpha value is -2.93. The molecule has 0 fully saturated rings. The Balaban J connectivity index is 1.88. The first kappa shape index (κ1) is 19.4. The van der Waals surface area contributed by atoms with Crippen LogP contribution in [0.25, 0.3) is 0 Å². The number of anilines is 2. The summed E-state index contributed by atoms with van der Waals surface area (Å²) in [5, 5.41) is 5.99. The first-order chi connectivity index (χ1) is 12.5. The highest BCUT2D eigenvalue weighted by atomic mass is 16.5. The minimum absolute atomic E-state index is 0.262. The first-order valence-corrected chi connectivity index (χ1v) is 8.34. The van der Waals surface area contributed by atoms with Gasteiger partial charge in [-0.25, -0.2) is 9.78 Å². The third-order valence-electron chi connectivity index (χ3n) is 3.68. The number of ether oxygens (including phenoxy) is 1. The van der Waals surface area contributed by atoms with E-state index in [4.69, 9.17) is 0 Å². The number of hydrogen-bond acceptors (Lipinski definition) is 6. The van der Waals surface area contributed by atoms with Gasteiger partial charge in [-0.2, -0.15) is 0 Å². The molecule has 0 aliphatic heterocycles. The van der Waals surface area contributed by atoms with Crippen LogP contribution in [0.3, 0.4) is 0 Å². The van der Waals surface area contributed by atoms with Gasteiger partial charge in [-0.15, -0.1) is 0 Å². The van der Waals surface area contributed by atoms with Crippen molar-refractivity contribution in [3.8, 4) is 0 Å². The second-order valence-electron chi connectivity index (χ2n) is 6.04. The zero-order valence-electron chi connectivity index (χ0n) is 15.3. The summed E-state index contributed by atoms with van der Waals surface area (Å²) >= 11 is 0. The van der Waals surface area contributed by atoms with E-state index in [0.29, 0.717) is 16.8 Å². The SMILES string of the molecule is COC(=O)c1ccc(NC(=O)c2ccc(NCCCN(C)C)nc2)cc1. The molecule has 7 nitrogen and oxygen atoms in total. The lowest BCUT2D eigenvalue weighted by atomic mass is 10.2. The van der Waals surface area contributed by atoms with Crippen LogP contribution in [-0.4, -0.2) is 56.1 Å². The van der Waals surface area contributed by atoms with Crippen LogP contribution in [0.15, 0.2) is 42.6 Å². The topological polar surface area (TPSA) is 83.6 Å². The molecule has 1 aromatic heterocycles. The van der Waals surface area contributed by atoms with E-state index in [0.717, 1.165) is 25.3 Å². The number of carbonyl (C=O) groups excluding carboxylic acids is 2. The summed E-state index contributed by atoms with van der Waals surface area (Å²) in [6.07, 6.45) is 2.55. The van der Waals surface area contributed by atoms with Crippen molar-refractivity contribution in [2.45, 2.75) is 6.42 Å². The van der Waals surface area contributed by atoms with Gasteiger partial charge in [0.2, 0.25) is 0 Å². The zero-order chi connectivity index (χ0) is 18.9. The number of amides is 1. The fourth-order valence-corrected chi connectivity index (χ4v) is 2.26. The number of pyridine rings is 1. The third-order valence-corrected chi connectivity index (χ3v) is 3.68. The number of nitrogens with one attached hydrogen (secondary N) is 2. The first-order valence-electron chi connectivity index (χ1n) is 8.34. The number of rotatable bonds is 8. The lowest BCUT2D eigenvalue weighted by Crippen LogP contribution is -2.17. The van der Waals surface area contributed by atoms with Crippen molar-refractivity contribution >= 4 is 23.4 Å². The van der Waals surface area contributed by atoms with Crippen molar-refractivity contribution in [2.24, 2.45) is 0 Å². The van der Waals surface area contributed by atoms with E-state index in [9.17, 15) is 9.59 Å². The van der Waals surface area contributed by atoms with E-state index in [1.165, 1.54) is 13.3 Å². The van der Waals surface area contributed by atoms with Gasteiger partial charge in [0.25, 0.3) is 5.91 Å². The maximum atomic E-state index is 12.3. The molecule has 1 aromatic carbocycles. The third kappa shape index (κ3) is 5.86. The van der Waals surface area contributed by atoms with Crippen molar-refractivity contribution < 1.29 is 14.3 Å². The lowest BCUT2D eigenvalue weighted by molar-refractivity contribution is 0.0600. The largest absolute Gasteiger partial charge is 0.465 e. The molecule has 138 valence electrons. The summed E-state index contributed by atoms with van der Waals surface area (Å²) in [7, 11) is 5.40. The average Bonchev–Trinajstić information content (AvgIpc) is 2.65. The Bertz CT molecular complexity index is 727. The fourth-order valence-electron chi connectivity index (χ4n) is 2.26. The minimum atomic E-state index is -0.416. The van der Waals surface area contributed by atoms with Gasteiger partial charge < -0.3 is 20.3 Å². The van der Waals surface area contributed by atoms with Gasteiger partial charge in [0.1, 0.15) is 5.82 Å². The molecule has 0 saturated heterocycles. The van der Waals surface area contributed by atoms with E-state index >= 15 is 0 Å². The van der Waals surface area contributed by atoms with Gasteiger partial charge >= 0.3 is 5.97 Å². The van der Waals surface area contributed by atoms with E-state index in [1.807, 2.05) is 14.1 Å². The van der Waals surface area contributed by atoms with Crippen LogP contribution in [-0.2, 0) is 4.74 Å². The Morgan fingerprint density at radius 1 is 1.08 bits per heavy atom. The number of benzene rings is 1. The van der Waals surface area contributed by atoms with E-state index < -0.39 is 5.97 Å². The van der Waals surface area contributed by atoms with Gasteiger partial charge in [0.05, 0.1) is 18.2 Å². The van der Waals surface area contributed by atoms with Gasteiger partial charge in [0, 0.05) is 18.4 Å². The second-order valence-corrected chi connectivity index (χ2v) is 6.04. The standard InChI is InChI=1S/C19H24N4O3/c1-23(2)12-4-11-20-17-10-7-15(13-21-17)18(24)22-16-8-5-14(6-9-16)19(25)26-3/h5-10,13H,4,11-12H2,1-3H3,(H,20,21)(H,22,24). The van der Waals surface area contributed by atoms with Crippen molar-refractivity contribution in [3.05, 3.63) is 53.7 Å². The van der Waals surface area contributed by atoms with Gasteiger partial charge in [0.15, 0.2) is 0 Å². The number of hydrogen-bond donors (Lipinski definition) is 2. The molecule has 26 heavy (non-hydrogen) atoms. The van der Waals surface area contributed by atoms with Crippen molar-refractivity contribution in [1.29, 1.82) is 0 Å². The highest BCUT2D eigenvalue weighted by molar-refractivity contribution is 6.04. The van der Waals surface area contributed by atoms with Crippen LogP contribution in [0.4, 0.5) is 11.5 Å². The van der Waals surface area contributed by atoms with Crippen LogP contribution >= 0.6 is 0 Å². The summed E-state index contributed by atoms with van der Waals surface area (Å²) in [5.41, 5.74) is 1.48. The summed E-state index contributed by atoms with van der Waals surface area (Å²) < 4.78 is 4.64. The highest BCUT2D eigenvalue weighted by Crippen LogP contribution is 2.13. The smallest absolute Gasteiger partial charge is 0.337 e. The van der Waals surface area contributed by atoms with Crippen molar-refractivity contribution in [3.63, 3.8) is 0 Å². The number of esters is 1. The Morgan fingerprint density at radius 3 is 2.35 bits per heavy atom. The fraction of sp³-hybridized carbons (Fsp3) is 0.316. The Kier molecular flexibility index (Phi) is 7.11. The number of carbonyl (C=O) groups is 2. The van der Waals surface area contributed by atoms with E-state index in [2.05, 4.69) is 25.3 Å². The van der Waals surface area contributed by atoms with Gasteiger partial charge in [-0.3, -0.25) is 4.79 Å². The Labute approximate surface area is 153 Å². The normalized spacial score (nSPS) is 10.5. The quantitative estimate of drug-likeness (QED) is 0.558. The van der Waals surface area contributed by atoms with Crippen LogP contribution in [0.2, 0.25) is 0 Å². The van der Waals surface area contributed by atoms with Crippen molar-refractivity contribution in [1.82, 2.24) is 9.88 Å². The molecule has 1 amide bonds. The molecule has 0 atom stereocenters. The van der Waals surface area contributed by atoms with E-state index in [1.54, 1.807) is 36.4 Å². The van der Waals surface area contributed by atoms with E-state index in [-0.39, 0.29) is 5.91 Å². The van der Waals surface area contributed by atoms with Crippen LogP contribution in [0.1, 0.15) is 27.1 Å². The van der Waals surface area contributed by atoms with Crippen LogP contribution in [0, 0.1) is 0 Å². The summed E-state index contributed by atoms with van der Waals surface area (Å²) in [6, 6.07) is 10.0. The second kappa shape index (κ2) is 9.53. The maximum Gasteiger partial charge on any atom is 0.337 e. The summed E-state index contributed by atoms with van der Waals surface area (Å²) in [4.78, 5) is 30.1. The predicted octanol–water partition coefficient (Wildman–Crippen LogP) is 2.48. The molecule has 0 aliphatic carbocycles. The Morgan fingerprint density at radius 2 is 1.77 bits per heavy atom. The molecule has 1 heterocycles. The van der Waals surface area contributed by atoms with Crippen molar-refractivity contribution in [2.75, 3.05) is 44.9 Å². The maximum absolute atomic E-state index is 12.3. The lowest BCUT2D eigenvalue weighted by Gasteiger charge is -2.10. The summed E-state index contributed by atoms with van der Waals surface area (Å²) in [6.45, 7) is 1.82. The van der Waals surface area contributed by atoms with Gasteiger partial charge in [-0.1, -0.05) is 0 Å². The van der Waals surface area contributed by atoms with Gasteiger partial charge in [-0.05, 0) is 63.5 Å². The molecule has 0 radical (unpaired) electrons. The molecular formula is C19H24N4O3. The monoisotopic (exact) mass is 356 g/mol. The molecule has 0 aliphatic rings. The molecule has 0 spiro atoms. The average molecular weight is 356 g/mol. The molecule has 0 saturated carbocycles. The predicted molar refractivity (Wildman–Crippen MR) is 102 cm³/mol. The van der Waals surface area contributed by atoms with Crippen LogP contribution < -0.4 is 10.6 Å². The highest BCUT2D eigenvalue weighted by Gasteiger charge is 2.09. The number of aromatic nitrogens is 1. The molecule has 2 N–H and O–H groups in total. The molecule has 0 bridgehead atoms. The summed E-state index contributed by atoms with van der Waals surface area (Å²) in [5.74, 6) is 0.0611.